The first-order valence-electron chi connectivity index (χ1n) is 7.86. The highest BCUT2D eigenvalue weighted by Gasteiger charge is 2.31. The number of hydrogen-bond donors (Lipinski definition) is 2. The second kappa shape index (κ2) is 8.17. The molecule has 0 saturated carbocycles. The van der Waals surface area contributed by atoms with Crippen molar-refractivity contribution >= 4 is 28.8 Å². The number of thiophene rings is 1. The lowest BCUT2D eigenvalue weighted by Gasteiger charge is -2.10. The van der Waals surface area contributed by atoms with Gasteiger partial charge in [-0.2, -0.15) is 0 Å². The van der Waals surface area contributed by atoms with Gasteiger partial charge in [0.1, 0.15) is 11.5 Å². The molecule has 28 heavy (non-hydrogen) atoms. The molecule has 0 radical (unpaired) electrons. The highest BCUT2D eigenvalue weighted by atomic mass is 32.1. The Kier molecular flexibility index (Phi) is 5.69. The topological polar surface area (TPSA) is 80.6 Å². The van der Waals surface area contributed by atoms with Gasteiger partial charge < -0.3 is 19.8 Å². The van der Waals surface area contributed by atoms with E-state index in [1.54, 1.807) is 12.3 Å². The zero-order valence-corrected chi connectivity index (χ0v) is 14.9. The van der Waals surface area contributed by atoms with E-state index in [0.29, 0.717) is 5.76 Å². The van der Waals surface area contributed by atoms with Crippen LogP contribution in [0, 0.1) is 0 Å². The van der Waals surface area contributed by atoms with Crippen molar-refractivity contribution in [2.75, 3.05) is 5.32 Å². The molecule has 0 spiro atoms. The van der Waals surface area contributed by atoms with Crippen LogP contribution in [0.3, 0.4) is 0 Å². The predicted octanol–water partition coefficient (Wildman–Crippen LogP) is 4.16. The summed E-state index contributed by atoms with van der Waals surface area (Å²) < 4.78 is 45.4. The summed E-state index contributed by atoms with van der Waals surface area (Å²) in [5.41, 5.74) is 1.02. The zero-order valence-electron chi connectivity index (χ0n) is 14.1. The van der Waals surface area contributed by atoms with Gasteiger partial charge >= 0.3 is 18.2 Å². The molecule has 3 rings (SSSR count). The summed E-state index contributed by atoms with van der Waals surface area (Å²) >= 11 is 1.40. The molecule has 0 aliphatic heterocycles. The van der Waals surface area contributed by atoms with E-state index in [2.05, 4.69) is 15.4 Å². The third-order valence-corrected chi connectivity index (χ3v) is 4.37. The molecular weight excluding hydrogens is 397 g/mol. The Bertz CT molecular complexity index is 950. The molecule has 0 bridgehead atoms. The molecular formula is C18H13F3N2O4S. The van der Waals surface area contributed by atoms with Crippen LogP contribution in [0.5, 0.6) is 5.75 Å². The van der Waals surface area contributed by atoms with Crippen LogP contribution < -0.4 is 15.4 Å². The van der Waals surface area contributed by atoms with E-state index in [-0.39, 0.29) is 12.2 Å². The minimum atomic E-state index is -4.80. The van der Waals surface area contributed by atoms with Crippen LogP contribution in [-0.4, -0.2) is 18.2 Å². The molecule has 1 aromatic carbocycles. The van der Waals surface area contributed by atoms with Gasteiger partial charge in [-0.3, -0.25) is 9.59 Å². The van der Waals surface area contributed by atoms with Crippen LogP contribution in [0.15, 0.2) is 58.5 Å². The number of halogens is 3. The molecule has 0 saturated heterocycles. The van der Waals surface area contributed by atoms with Crippen molar-refractivity contribution in [2.24, 2.45) is 0 Å². The summed E-state index contributed by atoms with van der Waals surface area (Å²) in [6, 6.07) is 9.86. The van der Waals surface area contributed by atoms with E-state index in [9.17, 15) is 22.8 Å². The standard InChI is InChI=1S/C18H13F3N2O4S/c19-18(20,21)27-13-5-3-12(4-6-13)23-17(25)16(24)22-9-14-8-11(10-28-14)15-2-1-7-26-15/h1-8,10H,9H2,(H,22,24)(H,23,25). The fraction of sp³-hybridized carbons (Fsp3) is 0.111. The van der Waals surface area contributed by atoms with E-state index in [4.69, 9.17) is 4.42 Å². The number of furan rings is 1. The van der Waals surface area contributed by atoms with E-state index >= 15 is 0 Å². The average molecular weight is 410 g/mol. The largest absolute Gasteiger partial charge is 0.573 e. The first-order chi connectivity index (χ1) is 13.3. The van der Waals surface area contributed by atoms with Gasteiger partial charge in [0.15, 0.2) is 0 Å². The smallest absolute Gasteiger partial charge is 0.464 e. The van der Waals surface area contributed by atoms with Crippen LogP contribution >= 0.6 is 11.3 Å². The van der Waals surface area contributed by atoms with Gasteiger partial charge in [-0.15, -0.1) is 24.5 Å². The van der Waals surface area contributed by atoms with Crippen molar-refractivity contribution in [1.29, 1.82) is 0 Å². The van der Waals surface area contributed by atoms with Crippen molar-refractivity contribution in [3.63, 3.8) is 0 Å². The Hall–Kier alpha value is -3.27. The number of rotatable bonds is 5. The van der Waals surface area contributed by atoms with Crippen LogP contribution in [0.1, 0.15) is 4.88 Å². The number of ether oxygens (including phenoxy) is 1. The number of benzene rings is 1. The Balaban J connectivity index is 1.50. The molecule has 0 aliphatic rings. The van der Waals surface area contributed by atoms with Gasteiger partial charge in [0.25, 0.3) is 0 Å². The molecule has 0 atom stereocenters. The van der Waals surface area contributed by atoms with Crippen LogP contribution in [0.2, 0.25) is 0 Å². The summed E-state index contributed by atoms with van der Waals surface area (Å²) in [4.78, 5) is 24.6. The Morgan fingerprint density at radius 1 is 1.11 bits per heavy atom. The van der Waals surface area contributed by atoms with Gasteiger partial charge in [-0.25, -0.2) is 0 Å². The summed E-state index contributed by atoms with van der Waals surface area (Å²) in [6.45, 7) is 0.149. The molecule has 146 valence electrons. The number of carbonyl (C=O) groups is 2. The van der Waals surface area contributed by atoms with Crippen molar-refractivity contribution in [1.82, 2.24) is 5.32 Å². The minimum Gasteiger partial charge on any atom is -0.464 e. The molecule has 0 fully saturated rings. The first kappa shape index (κ1) is 19.5. The molecule has 2 heterocycles. The highest BCUT2D eigenvalue weighted by molar-refractivity contribution is 7.10. The average Bonchev–Trinajstić information content (AvgIpc) is 3.31. The quantitative estimate of drug-likeness (QED) is 0.619. The Morgan fingerprint density at radius 3 is 2.50 bits per heavy atom. The number of alkyl halides is 3. The Morgan fingerprint density at radius 2 is 1.86 bits per heavy atom. The van der Waals surface area contributed by atoms with Crippen molar-refractivity contribution < 1.29 is 31.9 Å². The lowest BCUT2D eigenvalue weighted by Crippen LogP contribution is -2.34. The monoisotopic (exact) mass is 410 g/mol. The fourth-order valence-corrected chi connectivity index (χ4v) is 3.03. The van der Waals surface area contributed by atoms with Crippen LogP contribution in [-0.2, 0) is 16.1 Å². The van der Waals surface area contributed by atoms with Gasteiger partial charge in [-0.1, -0.05) is 0 Å². The van der Waals surface area contributed by atoms with Gasteiger partial charge in [-0.05, 0) is 42.5 Å². The third kappa shape index (κ3) is 5.36. The first-order valence-corrected chi connectivity index (χ1v) is 8.74. The molecule has 2 aromatic heterocycles. The fourth-order valence-electron chi connectivity index (χ4n) is 2.22. The molecule has 6 nitrogen and oxygen atoms in total. The molecule has 0 unspecified atom stereocenters. The van der Waals surface area contributed by atoms with Crippen molar-refractivity contribution in [3.8, 4) is 17.1 Å². The number of nitrogens with one attached hydrogen (secondary N) is 2. The predicted molar refractivity (Wildman–Crippen MR) is 95.6 cm³/mol. The van der Waals surface area contributed by atoms with Gasteiger partial charge in [0.2, 0.25) is 0 Å². The molecule has 3 aromatic rings. The van der Waals surface area contributed by atoms with Crippen LogP contribution in [0.25, 0.3) is 11.3 Å². The number of anilines is 1. The van der Waals surface area contributed by atoms with Crippen molar-refractivity contribution in [3.05, 3.63) is 59.0 Å². The van der Waals surface area contributed by atoms with E-state index in [1.165, 1.54) is 23.5 Å². The summed E-state index contributed by atoms with van der Waals surface area (Å²) in [6.07, 6.45) is -3.25. The molecule has 0 aliphatic carbocycles. The van der Waals surface area contributed by atoms with E-state index in [0.717, 1.165) is 22.6 Å². The summed E-state index contributed by atoms with van der Waals surface area (Å²) in [5, 5.41) is 6.64. The number of amides is 2. The molecule has 2 N–H and O–H groups in total. The second-order valence-electron chi connectivity index (χ2n) is 5.49. The zero-order chi connectivity index (χ0) is 20.1. The summed E-state index contributed by atoms with van der Waals surface area (Å²) in [7, 11) is 0. The van der Waals surface area contributed by atoms with Crippen molar-refractivity contribution in [2.45, 2.75) is 12.9 Å². The second-order valence-corrected chi connectivity index (χ2v) is 6.48. The summed E-state index contributed by atoms with van der Waals surface area (Å²) in [5.74, 6) is -1.54. The maximum absolute atomic E-state index is 12.1. The number of hydrogen-bond acceptors (Lipinski definition) is 5. The maximum atomic E-state index is 12.1. The highest BCUT2D eigenvalue weighted by Crippen LogP contribution is 2.26. The number of carbonyl (C=O) groups excluding carboxylic acids is 2. The molecule has 2 amide bonds. The van der Waals surface area contributed by atoms with Crippen LogP contribution in [0.4, 0.5) is 18.9 Å². The van der Waals surface area contributed by atoms with E-state index < -0.39 is 23.9 Å². The van der Waals surface area contributed by atoms with Gasteiger partial charge in [0, 0.05) is 21.5 Å². The maximum Gasteiger partial charge on any atom is 0.573 e. The minimum absolute atomic E-state index is 0.149. The van der Waals surface area contributed by atoms with E-state index in [1.807, 2.05) is 17.5 Å². The normalized spacial score (nSPS) is 11.1. The van der Waals surface area contributed by atoms with Gasteiger partial charge in [0.05, 0.1) is 12.8 Å². The lowest BCUT2D eigenvalue weighted by molar-refractivity contribution is -0.274. The third-order valence-electron chi connectivity index (χ3n) is 3.43. The lowest BCUT2D eigenvalue weighted by atomic mass is 10.2. The molecule has 10 heteroatoms. The Labute approximate surface area is 160 Å². The SMILES string of the molecule is O=C(NCc1cc(-c2ccco2)cs1)C(=O)Nc1ccc(OC(F)(F)F)cc1.